The highest BCUT2D eigenvalue weighted by atomic mass is 16.2. The van der Waals surface area contributed by atoms with E-state index in [4.69, 9.17) is 0 Å². The van der Waals surface area contributed by atoms with Crippen LogP contribution in [0.2, 0.25) is 0 Å². The highest BCUT2D eigenvalue weighted by molar-refractivity contribution is 6.10. The second-order valence-electron chi connectivity index (χ2n) is 6.48. The summed E-state index contributed by atoms with van der Waals surface area (Å²) in [6, 6.07) is 5.97. The standard InChI is InChI=1S/C17H19N3O4/c1-10(21)11-4-3-5-13(8-11)18-14(22)9-20-15(23)17(2,12-6-7-12)19-16(20)24/h3-5,8,12H,6-7,9H2,1-2H3,(H,18,22)(H,19,24). The molecule has 2 aliphatic rings. The van der Waals surface area contributed by atoms with Crippen molar-refractivity contribution in [2.75, 3.05) is 11.9 Å². The van der Waals surface area contributed by atoms with Gasteiger partial charge < -0.3 is 10.6 Å². The molecule has 0 radical (unpaired) electrons. The number of nitrogens with zero attached hydrogens (tertiary/aromatic N) is 1. The lowest BCUT2D eigenvalue weighted by atomic mass is 9.96. The predicted octanol–water partition coefficient (Wildman–Crippen LogP) is 1.55. The molecule has 7 heteroatoms. The van der Waals surface area contributed by atoms with Crippen molar-refractivity contribution in [2.24, 2.45) is 5.92 Å². The number of anilines is 1. The molecule has 1 aliphatic carbocycles. The van der Waals surface area contributed by atoms with Gasteiger partial charge in [0.25, 0.3) is 5.91 Å². The fourth-order valence-corrected chi connectivity index (χ4v) is 2.96. The van der Waals surface area contributed by atoms with Crippen molar-refractivity contribution in [3.05, 3.63) is 29.8 Å². The van der Waals surface area contributed by atoms with Crippen LogP contribution in [0.3, 0.4) is 0 Å². The summed E-state index contributed by atoms with van der Waals surface area (Å²) in [5, 5.41) is 5.31. The van der Waals surface area contributed by atoms with Gasteiger partial charge in [-0.3, -0.25) is 19.3 Å². The fraction of sp³-hybridized carbons (Fsp3) is 0.412. The molecule has 7 nitrogen and oxygen atoms in total. The minimum Gasteiger partial charge on any atom is -0.325 e. The van der Waals surface area contributed by atoms with Crippen LogP contribution in [0.4, 0.5) is 10.5 Å². The number of nitrogens with one attached hydrogen (secondary N) is 2. The molecule has 126 valence electrons. The smallest absolute Gasteiger partial charge is 0.325 e. The van der Waals surface area contributed by atoms with Crippen LogP contribution in [-0.4, -0.2) is 40.6 Å². The third-order valence-corrected chi connectivity index (χ3v) is 4.55. The largest absolute Gasteiger partial charge is 0.325 e. The van der Waals surface area contributed by atoms with Crippen LogP contribution in [-0.2, 0) is 9.59 Å². The minimum absolute atomic E-state index is 0.111. The SMILES string of the molecule is CC(=O)c1cccc(NC(=O)CN2C(=O)NC(C)(C3CC3)C2=O)c1. The highest BCUT2D eigenvalue weighted by Gasteiger charge is 2.56. The van der Waals surface area contributed by atoms with Crippen molar-refractivity contribution < 1.29 is 19.2 Å². The van der Waals surface area contributed by atoms with E-state index < -0.39 is 17.5 Å². The minimum atomic E-state index is -0.897. The van der Waals surface area contributed by atoms with Crippen LogP contribution in [0.1, 0.15) is 37.0 Å². The summed E-state index contributed by atoms with van der Waals surface area (Å²) in [5.74, 6) is -0.809. The van der Waals surface area contributed by atoms with Crippen LogP contribution in [0.15, 0.2) is 24.3 Å². The molecular weight excluding hydrogens is 310 g/mol. The number of benzene rings is 1. The maximum Gasteiger partial charge on any atom is 0.325 e. The van der Waals surface area contributed by atoms with Gasteiger partial charge in [-0.25, -0.2) is 4.79 Å². The zero-order chi connectivity index (χ0) is 17.5. The molecule has 1 aliphatic heterocycles. The Kier molecular flexibility index (Phi) is 3.87. The van der Waals surface area contributed by atoms with Crippen LogP contribution >= 0.6 is 0 Å². The Morgan fingerprint density at radius 1 is 1.33 bits per heavy atom. The molecule has 1 saturated heterocycles. The Morgan fingerprint density at radius 3 is 2.67 bits per heavy atom. The number of urea groups is 1. The van der Waals surface area contributed by atoms with E-state index in [1.807, 2.05) is 0 Å². The molecule has 1 saturated carbocycles. The maximum absolute atomic E-state index is 12.5. The van der Waals surface area contributed by atoms with Crippen LogP contribution in [0.25, 0.3) is 0 Å². The lowest BCUT2D eigenvalue weighted by molar-refractivity contribution is -0.134. The molecular formula is C17H19N3O4. The second kappa shape index (κ2) is 5.74. The third kappa shape index (κ3) is 2.89. The number of hydrogen-bond donors (Lipinski definition) is 2. The number of ketones is 1. The third-order valence-electron chi connectivity index (χ3n) is 4.55. The van der Waals surface area contributed by atoms with E-state index in [0.29, 0.717) is 11.3 Å². The first-order chi connectivity index (χ1) is 11.3. The van der Waals surface area contributed by atoms with Gasteiger partial charge in [0.15, 0.2) is 5.78 Å². The van der Waals surface area contributed by atoms with Crippen molar-refractivity contribution >= 4 is 29.3 Å². The van der Waals surface area contributed by atoms with Crippen molar-refractivity contribution in [1.29, 1.82) is 0 Å². The van der Waals surface area contributed by atoms with E-state index in [1.54, 1.807) is 31.2 Å². The number of Topliss-reactive ketones (excluding diaryl/α,β-unsaturated/α-hetero) is 1. The van der Waals surface area contributed by atoms with E-state index >= 15 is 0 Å². The highest BCUT2D eigenvalue weighted by Crippen LogP contribution is 2.42. The van der Waals surface area contributed by atoms with Gasteiger partial charge >= 0.3 is 6.03 Å². The van der Waals surface area contributed by atoms with Gasteiger partial charge in [-0.05, 0) is 44.7 Å². The first-order valence-electron chi connectivity index (χ1n) is 7.86. The topological polar surface area (TPSA) is 95.6 Å². The zero-order valence-corrected chi connectivity index (χ0v) is 13.6. The predicted molar refractivity (Wildman–Crippen MR) is 86.4 cm³/mol. The molecule has 2 fully saturated rings. The van der Waals surface area contributed by atoms with E-state index in [-0.39, 0.29) is 24.2 Å². The van der Waals surface area contributed by atoms with Crippen molar-refractivity contribution in [1.82, 2.24) is 10.2 Å². The molecule has 0 bridgehead atoms. The summed E-state index contributed by atoms with van der Waals surface area (Å²) in [6.07, 6.45) is 1.81. The average molecular weight is 329 g/mol. The van der Waals surface area contributed by atoms with Crippen LogP contribution in [0, 0.1) is 5.92 Å². The summed E-state index contributed by atoms with van der Waals surface area (Å²) in [7, 11) is 0. The number of carbonyl (C=O) groups is 4. The van der Waals surface area contributed by atoms with Gasteiger partial charge in [0.2, 0.25) is 5.91 Å². The quantitative estimate of drug-likeness (QED) is 0.633. The molecule has 2 N–H and O–H groups in total. The van der Waals surface area contributed by atoms with Gasteiger partial charge in [0.05, 0.1) is 0 Å². The average Bonchev–Trinajstić information content (AvgIpc) is 3.34. The fourth-order valence-electron chi connectivity index (χ4n) is 2.96. The first kappa shape index (κ1) is 16.2. The van der Waals surface area contributed by atoms with Gasteiger partial charge in [-0.15, -0.1) is 0 Å². The van der Waals surface area contributed by atoms with Gasteiger partial charge in [0, 0.05) is 11.3 Å². The van der Waals surface area contributed by atoms with Crippen molar-refractivity contribution in [3.63, 3.8) is 0 Å². The number of rotatable bonds is 5. The zero-order valence-electron chi connectivity index (χ0n) is 13.6. The van der Waals surface area contributed by atoms with E-state index in [2.05, 4.69) is 10.6 Å². The molecule has 0 aromatic heterocycles. The van der Waals surface area contributed by atoms with E-state index in [0.717, 1.165) is 17.7 Å². The van der Waals surface area contributed by atoms with Crippen molar-refractivity contribution in [3.8, 4) is 0 Å². The first-order valence-corrected chi connectivity index (χ1v) is 7.86. The summed E-state index contributed by atoms with van der Waals surface area (Å²) in [4.78, 5) is 49.0. The Balaban J connectivity index is 1.67. The number of carbonyl (C=O) groups excluding carboxylic acids is 4. The Morgan fingerprint density at radius 2 is 2.04 bits per heavy atom. The lowest BCUT2D eigenvalue weighted by Crippen LogP contribution is -2.46. The summed E-state index contributed by atoms with van der Waals surface area (Å²) in [6.45, 7) is 2.79. The molecule has 3 rings (SSSR count). The molecule has 1 atom stereocenters. The number of hydrogen-bond acceptors (Lipinski definition) is 4. The molecule has 1 aromatic rings. The molecule has 1 heterocycles. The summed E-state index contributed by atoms with van der Waals surface area (Å²) < 4.78 is 0. The van der Waals surface area contributed by atoms with Gasteiger partial charge in [-0.2, -0.15) is 0 Å². The summed E-state index contributed by atoms with van der Waals surface area (Å²) in [5.41, 5.74) is 0.0279. The second-order valence-corrected chi connectivity index (χ2v) is 6.48. The lowest BCUT2D eigenvalue weighted by Gasteiger charge is -2.20. The molecule has 4 amide bonds. The molecule has 0 spiro atoms. The Bertz CT molecular complexity index is 741. The molecule has 1 aromatic carbocycles. The molecule has 1 unspecified atom stereocenters. The number of imide groups is 1. The van der Waals surface area contributed by atoms with Gasteiger partial charge in [0.1, 0.15) is 12.1 Å². The van der Waals surface area contributed by atoms with Crippen LogP contribution < -0.4 is 10.6 Å². The Labute approximate surface area is 139 Å². The maximum atomic E-state index is 12.5. The van der Waals surface area contributed by atoms with Crippen LogP contribution in [0.5, 0.6) is 0 Å². The molecule has 24 heavy (non-hydrogen) atoms. The van der Waals surface area contributed by atoms with E-state index in [9.17, 15) is 19.2 Å². The Hall–Kier alpha value is -2.70. The van der Waals surface area contributed by atoms with Gasteiger partial charge in [-0.1, -0.05) is 12.1 Å². The summed E-state index contributed by atoms with van der Waals surface area (Å²) >= 11 is 0. The van der Waals surface area contributed by atoms with Crippen molar-refractivity contribution in [2.45, 2.75) is 32.2 Å². The monoisotopic (exact) mass is 329 g/mol. The normalized spacial score (nSPS) is 23.2. The van der Waals surface area contributed by atoms with E-state index in [1.165, 1.54) is 6.92 Å². The number of amides is 4.